The molecule has 1 aromatic carbocycles. The third-order valence-electron chi connectivity index (χ3n) is 4.17. The van der Waals surface area contributed by atoms with Crippen molar-refractivity contribution in [3.63, 3.8) is 0 Å². The number of carbonyl (C=O) groups is 1. The van der Waals surface area contributed by atoms with Gasteiger partial charge in [0.2, 0.25) is 0 Å². The molecule has 4 rings (SSSR count). The highest BCUT2D eigenvalue weighted by Gasteiger charge is 2.26. The van der Waals surface area contributed by atoms with Gasteiger partial charge in [-0.3, -0.25) is 4.57 Å². The van der Waals surface area contributed by atoms with Gasteiger partial charge in [-0.1, -0.05) is 12.1 Å². The molecule has 2 aromatic heterocycles. The molecule has 0 spiro atoms. The van der Waals surface area contributed by atoms with Gasteiger partial charge in [0.25, 0.3) is 0 Å². The SMILES string of the molecule is Cc1ccc2c(c1)-n1c(cnc1C)Cc1c(C(=O)O)ncnc1-2. The molecule has 0 saturated carbocycles. The summed E-state index contributed by atoms with van der Waals surface area (Å²) in [6.45, 7) is 3.97. The van der Waals surface area contributed by atoms with E-state index in [0.29, 0.717) is 17.7 Å². The van der Waals surface area contributed by atoms with Crippen molar-refractivity contribution in [1.29, 1.82) is 0 Å². The number of hydrogen-bond acceptors (Lipinski definition) is 4. The normalized spacial score (nSPS) is 12.1. The van der Waals surface area contributed by atoms with Gasteiger partial charge in [0, 0.05) is 29.4 Å². The molecule has 0 fully saturated rings. The van der Waals surface area contributed by atoms with Crippen molar-refractivity contribution in [2.24, 2.45) is 0 Å². The highest BCUT2D eigenvalue weighted by molar-refractivity contribution is 5.90. The maximum Gasteiger partial charge on any atom is 0.354 e. The van der Waals surface area contributed by atoms with Crippen LogP contribution in [0, 0.1) is 13.8 Å². The lowest BCUT2D eigenvalue weighted by Crippen LogP contribution is -2.09. The van der Waals surface area contributed by atoms with Crippen LogP contribution in [-0.2, 0) is 6.42 Å². The van der Waals surface area contributed by atoms with Crippen molar-refractivity contribution in [1.82, 2.24) is 19.5 Å². The molecule has 6 nitrogen and oxygen atoms in total. The van der Waals surface area contributed by atoms with Crippen LogP contribution in [0.2, 0.25) is 0 Å². The van der Waals surface area contributed by atoms with Crippen molar-refractivity contribution in [2.75, 3.05) is 0 Å². The third kappa shape index (κ3) is 1.95. The molecule has 0 saturated heterocycles. The maximum atomic E-state index is 11.6. The first-order chi connectivity index (χ1) is 11.1. The van der Waals surface area contributed by atoms with E-state index < -0.39 is 5.97 Å². The Morgan fingerprint density at radius 2 is 2.04 bits per heavy atom. The van der Waals surface area contributed by atoms with Crippen LogP contribution >= 0.6 is 0 Å². The number of nitrogens with zero attached hydrogens (tertiary/aromatic N) is 4. The molecule has 1 aliphatic heterocycles. The number of hydrogen-bond donors (Lipinski definition) is 1. The average Bonchev–Trinajstić information content (AvgIpc) is 2.81. The van der Waals surface area contributed by atoms with Gasteiger partial charge in [-0.15, -0.1) is 0 Å². The summed E-state index contributed by atoms with van der Waals surface area (Å²) in [5, 5.41) is 9.47. The summed E-state index contributed by atoms with van der Waals surface area (Å²) in [6.07, 6.45) is 3.54. The molecule has 0 aliphatic carbocycles. The van der Waals surface area contributed by atoms with E-state index in [2.05, 4.69) is 25.6 Å². The predicted molar refractivity (Wildman–Crippen MR) is 83.8 cm³/mol. The fourth-order valence-corrected chi connectivity index (χ4v) is 3.15. The van der Waals surface area contributed by atoms with E-state index in [1.54, 1.807) is 6.20 Å². The molecule has 0 unspecified atom stereocenters. The second kappa shape index (κ2) is 4.74. The van der Waals surface area contributed by atoms with Gasteiger partial charge in [-0.2, -0.15) is 0 Å². The van der Waals surface area contributed by atoms with E-state index in [1.807, 2.05) is 26.0 Å². The second-order valence-corrected chi connectivity index (χ2v) is 5.68. The molecule has 114 valence electrons. The van der Waals surface area contributed by atoms with E-state index in [4.69, 9.17) is 0 Å². The van der Waals surface area contributed by atoms with Crippen LogP contribution < -0.4 is 0 Å². The summed E-state index contributed by atoms with van der Waals surface area (Å²) in [4.78, 5) is 24.3. The first-order valence-electron chi connectivity index (χ1n) is 7.28. The Morgan fingerprint density at radius 3 is 2.83 bits per heavy atom. The number of carboxylic acid groups (broad SMARTS) is 1. The zero-order valence-electron chi connectivity index (χ0n) is 12.7. The standard InChI is InChI=1S/C17H14N4O2/c1-9-3-4-12-14(5-9)21-10(2)18-7-11(21)6-13-15(12)19-8-20-16(13)17(22)23/h3-5,7-8H,6H2,1-2H3,(H,22,23). The minimum Gasteiger partial charge on any atom is -0.476 e. The molecular weight excluding hydrogens is 292 g/mol. The number of rotatable bonds is 1. The van der Waals surface area contributed by atoms with Crippen LogP contribution in [0.1, 0.15) is 33.1 Å². The number of aryl methyl sites for hydroxylation is 2. The van der Waals surface area contributed by atoms with Crippen LogP contribution in [0.25, 0.3) is 16.9 Å². The minimum absolute atomic E-state index is 0.0498. The van der Waals surface area contributed by atoms with Gasteiger partial charge in [0.1, 0.15) is 12.2 Å². The Bertz CT molecular complexity index is 959. The molecule has 3 heterocycles. The van der Waals surface area contributed by atoms with E-state index in [1.165, 1.54) is 6.33 Å². The molecule has 0 bridgehead atoms. The van der Waals surface area contributed by atoms with Gasteiger partial charge in [-0.05, 0) is 25.5 Å². The Morgan fingerprint density at radius 1 is 1.22 bits per heavy atom. The lowest BCUT2D eigenvalue weighted by molar-refractivity contribution is 0.0689. The largest absolute Gasteiger partial charge is 0.476 e. The molecule has 0 amide bonds. The molecular formula is C17H14N4O2. The van der Waals surface area contributed by atoms with E-state index in [9.17, 15) is 9.90 Å². The molecule has 0 atom stereocenters. The maximum absolute atomic E-state index is 11.6. The average molecular weight is 306 g/mol. The quantitative estimate of drug-likeness (QED) is 0.584. The monoisotopic (exact) mass is 306 g/mol. The Kier molecular flexibility index (Phi) is 2.81. The highest BCUT2D eigenvalue weighted by Crippen LogP contribution is 2.35. The first-order valence-corrected chi connectivity index (χ1v) is 7.28. The Balaban J connectivity index is 2.14. The zero-order chi connectivity index (χ0) is 16.1. The number of aromatic nitrogens is 4. The number of imidazole rings is 1. The van der Waals surface area contributed by atoms with Crippen LogP contribution in [0.4, 0.5) is 0 Å². The summed E-state index contributed by atoms with van der Waals surface area (Å²) >= 11 is 0. The minimum atomic E-state index is -1.04. The second-order valence-electron chi connectivity index (χ2n) is 5.68. The fourth-order valence-electron chi connectivity index (χ4n) is 3.15. The van der Waals surface area contributed by atoms with E-state index >= 15 is 0 Å². The number of fused-ring (bicyclic) bond motifs is 5. The lowest BCUT2D eigenvalue weighted by Gasteiger charge is -2.12. The molecule has 1 N–H and O–H groups in total. The van der Waals surface area contributed by atoms with Crippen molar-refractivity contribution in [3.05, 3.63) is 59.1 Å². The summed E-state index contributed by atoms with van der Waals surface area (Å²) < 4.78 is 2.07. The van der Waals surface area contributed by atoms with E-state index in [-0.39, 0.29) is 5.69 Å². The third-order valence-corrected chi connectivity index (χ3v) is 4.17. The molecule has 0 radical (unpaired) electrons. The molecule has 6 heteroatoms. The van der Waals surface area contributed by atoms with Crippen molar-refractivity contribution in [3.8, 4) is 16.9 Å². The van der Waals surface area contributed by atoms with Crippen LogP contribution in [-0.4, -0.2) is 30.6 Å². The summed E-state index contributed by atoms with van der Waals surface area (Å²) in [5.74, 6) is -0.175. The van der Waals surface area contributed by atoms with Crippen LogP contribution in [0.3, 0.4) is 0 Å². The highest BCUT2D eigenvalue weighted by atomic mass is 16.4. The summed E-state index contributed by atoms with van der Waals surface area (Å²) in [5.41, 5.74) is 5.29. The molecule has 23 heavy (non-hydrogen) atoms. The predicted octanol–water partition coefficient (Wildman–Crippen LogP) is 2.55. The molecule has 1 aliphatic rings. The summed E-state index contributed by atoms with van der Waals surface area (Å²) in [6, 6.07) is 6.06. The van der Waals surface area contributed by atoms with Gasteiger partial charge < -0.3 is 5.11 Å². The number of carboxylic acids is 1. The van der Waals surface area contributed by atoms with Gasteiger partial charge in [-0.25, -0.2) is 19.7 Å². The van der Waals surface area contributed by atoms with Crippen molar-refractivity contribution >= 4 is 5.97 Å². The van der Waals surface area contributed by atoms with Crippen molar-refractivity contribution < 1.29 is 9.90 Å². The fraction of sp³-hybridized carbons (Fsp3) is 0.176. The smallest absolute Gasteiger partial charge is 0.354 e. The number of aromatic carboxylic acids is 1. The van der Waals surface area contributed by atoms with Crippen LogP contribution in [0.15, 0.2) is 30.7 Å². The van der Waals surface area contributed by atoms with Crippen LogP contribution in [0.5, 0.6) is 0 Å². The topological polar surface area (TPSA) is 80.9 Å². The summed E-state index contributed by atoms with van der Waals surface area (Å²) in [7, 11) is 0. The van der Waals surface area contributed by atoms with Gasteiger partial charge in [0.15, 0.2) is 5.69 Å². The van der Waals surface area contributed by atoms with Gasteiger partial charge in [0.05, 0.1) is 11.4 Å². The Hall–Kier alpha value is -3.02. The number of benzene rings is 1. The van der Waals surface area contributed by atoms with E-state index in [0.717, 1.165) is 28.3 Å². The Labute approximate surface area is 132 Å². The first kappa shape index (κ1) is 13.6. The molecule has 3 aromatic rings. The van der Waals surface area contributed by atoms with Gasteiger partial charge >= 0.3 is 5.97 Å². The lowest BCUT2D eigenvalue weighted by atomic mass is 10.00. The van der Waals surface area contributed by atoms with Crippen molar-refractivity contribution in [2.45, 2.75) is 20.3 Å². The zero-order valence-corrected chi connectivity index (χ0v) is 12.7.